The number of carbonyl (C=O) groups excluding carboxylic acids is 1. The number of hydrogen-bond donors (Lipinski definition) is 3. The summed E-state index contributed by atoms with van der Waals surface area (Å²) in [7, 11) is 0. The van der Waals surface area contributed by atoms with Crippen LogP contribution in [-0.2, 0) is 9.59 Å². The summed E-state index contributed by atoms with van der Waals surface area (Å²) in [5.41, 5.74) is 7.17. The number of hydrogen-bond acceptors (Lipinski definition) is 2. The Balaban J connectivity index is 3.92. The summed E-state index contributed by atoms with van der Waals surface area (Å²) in [6.07, 6.45) is 0.240. The lowest BCUT2D eigenvalue weighted by molar-refractivity contribution is -0.457. The third-order valence-electron chi connectivity index (χ3n) is 1.44. The zero-order chi connectivity index (χ0) is 9.07. The minimum Gasteiger partial charge on any atom is -0.477 e. The van der Waals surface area contributed by atoms with Crippen molar-refractivity contribution in [1.29, 1.82) is 0 Å². The summed E-state index contributed by atoms with van der Waals surface area (Å²) >= 11 is 0. The van der Waals surface area contributed by atoms with Crippen molar-refractivity contribution in [2.75, 3.05) is 0 Å². The third-order valence-corrected chi connectivity index (χ3v) is 1.44. The second-order valence-corrected chi connectivity index (χ2v) is 2.83. The van der Waals surface area contributed by atoms with E-state index in [4.69, 9.17) is 10.8 Å². The minimum absolute atomic E-state index is 0.0618. The van der Waals surface area contributed by atoms with Crippen LogP contribution in [0.15, 0.2) is 0 Å². The van der Waals surface area contributed by atoms with Crippen LogP contribution in [0.4, 0.5) is 0 Å². The van der Waals surface area contributed by atoms with Crippen LogP contribution in [0.3, 0.4) is 0 Å². The lowest BCUT2D eigenvalue weighted by Gasteiger charge is -2.13. The first-order valence-corrected chi connectivity index (χ1v) is 3.23. The van der Waals surface area contributed by atoms with Gasteiger partial charge in [-0.25, -0.2) is 4.79 Å². The quantitative estimate of drug-likeness (QED) is 0.459. The molecule has 0 fully saturated rings. The first-order valence-electron chi connectivity index (χ1n) is 3.23. The highest BCUT2D eigenvalue weighted by Crippen LogP contribution is 2.05. The molecule has 0 bridgehead atoms. The van der Waals surface area contributed by atoms with Crippen molar-refractivity contribution in [3.8, 4) is 0 Å². The zero-order valence-electron chi connectivity index (χ0n) is 6.46. The van der Waals surface area contributed by atoms with Gasteiger partial charge in [0, 0.05) is 19.8 Å². The van der Waals surface area contributed by atoms with Gasteiger partial charge in [-0.3, -0.25) is 4.79 Å². The summed E-state index contributed by atoms with van der Waals surface area (Å²) in [5.74, 6) is -1.51. The molecule has 0 aliphatic heterocycles. The Kier molecular flexibility index (Phi) is 3.00. The molecule has 0 radical (unpaired) electrons. The maximum absolute atomic E-state index is 10.4. The van der Waals surface area contributed by atoms with Crippen molar-refractivity contribution in [2.24, 2.45) is 5.73 Å². The molecule has 0 aliphatic carbocycles. The molecular weight excluding hydrogens is 148 g/mol. The second kappa shape index (κ2) is 3.34. The van der Waals surface area contributed by atoms with E-state index in [1.807, 2.05) is 0 Å². The molecule has 5 nitrogen and oxygen atoms in total. The van der Waals surface area contributed by atoms with Gasteiger partial charge in [0.15, 0.2) is 5.54 Å². The number of carboxylic acid groups (broad SMARTS) is 1. The van der Waals surface area contributed by atoms with E-state index >= 15 is 0 Å². The number of nitrogens with two attached hydrogens (primary N) is 1. The Morgan fingerprint density at radius 3 is 2.36 bits per heavy atom. The number of carbonyl (C=O) groups is 2. The fourth-order valence-electron chi connectivity index (χ4n) is 0.506. The van der Waals surface area contributed by atoms with E-state index in [2.05, 4.69) is 5.73 Å². The molecule has 1 amide bonds. The Morgan fingerprint density at radius 2 is 2.09 bits per heavy atom. The largest absolute Gasteiger partial charge is 0.477 e. The van der Waals surface area contributed by atoms with Crippen molar-refractivity contribution in [3.05, 3.63) is 0 Å². The highest BCUT2D eigenvalue weighted by Gasteiger charge is 2.32. The van der Waals surface area contributed by atoms with E-state index in [1.165, 1.54) is 6.92 Å². The van der Waals surface area contributed by atoms with E-state index in [0.717, 1.165) is 0 Å². The molecule has 5 heteroatoms. The highest BCUT2D eigenvalue weighted by atomic mass is 16.4. The number of carboxylic acids is 1. The molecule has 0 rings (SSSR count). The van der Waals surface area contributed by atoms with Gasteiger partial charge < -0.3 is 16.6 Å². The van der Waals surface area contributed by atoms with Crippen molar-refractivity contribution in [2.45, 2.75) is 25.3 Å². The van der Waals surface area contributed by atoms with Crippen LogP contribution in [0, 0.1) is 0 Å². The zero-order valence-corrected chi connectivity index (χ0v) is 6.46. The van der Waals surface area contributed by atoms with E-state index < -0.39 is 17.4 Å². The van der Waals surface area contributed by atoms with Gasteiger partial charge >= 0.3 is 5.97 Å². The predicted molar refractivity (Wildman–Crippen MR) is 37.4 cm³/mol. The fourth-order valence-corrected chi connectivity index (χ4v) is 0.506. The van der Waals surface area contributed by atoms with Gasteiger partial charge in [0.05, 0.1) is 0 Å². The van der Waals surface area contributed by atoms with E-state index in [9.17, 15) is 9.59 Å². The molecule has 0 aromatic heterocycles. The summed E-state index contributed by atoms with van der Waals surface area (Å²) in [5, 5.41) is 8.54. The average Bonchev–Trinajstić information content (AvgIpc) is 1.84. The van der Waals surface area contributed by atoms with Crippen LogP contribution in [-0.4, -0.2) is 22.5 Å². The topological polar surface area (TPSA) is 108 Å². The molecule has 0 saturated carbocycles. The van der Waals surface area contributed by atoms with Crippen LogP contribution in [0.1, 0.15) is 19.8 Å². The van der Waals surface area contributed by atoms with Crippen LogP contribution < -0.4 is 11.5 Å². The molecule has 64 valence electrons. The Morgan fingerprint density at radius 1 is 1.64 bits per heavy atom. The van der Waals surface area contributed by atoms with Gasteiger partial charge in [-0.2, -0.15) is 0 Å². The van der Waals surface area contributed by atoms with Gasteiger partial charge in [0.25, 0.3) is 0 Å². The Labute approximate surface area is 64.4 Å². The van der Waals surface area contributed by atoms with E-state index in [-0.39, 0.29) is 12.8 Å². The third kappa shape index (κ3) is 3.57. The lowest BCUT2D eigenvalue weighted by atomic mass is 9.97. The monoisotopic (exact) mass is 161 g/mol. The SMILES string of the molecule is CC([NH3+])(CCC(N)=O)C(=O)O. The molecule has 11 heavy (non-hydrogen) atoms. The standard InChI is InChI=1S/C6H12N2O3/c1-6(8,5(10)11)3-2-4(7)9/h2-3,8H2,1H3,(H2,7,9)(H,10,11)/p+1. The number of rotatable bonds is 4. The Hall–Kier alpha value is -1.10. The lowest BCUT2D eigenvalue weighted by Crippen LogP contribution is -2.75. The van der Waals surface area contributed by atoms with Crippen LogP contribution >= 0.6 is 0 Å². The van der Waals surface area contributed by atoms with Crippen LogP contribution in [0.25, 0.3) is 0 Å². The van der Waals surface area contributed by atoms with Crippen LogP contribution in [0.2, 0.25) is 0 Å². The molecule has 0 spiro atoms. The van der Waals surface area contributed by atoms with Gasteiger partial charge in [0.1, 0.15) is 0 Å². The first kappa shape index (κ1) is 9.90. The number of aliphatic carboxylic acids is 1. The average molecular weight is 161 g/mol. The molecule has 6 N–H and O–H groups in total. The summed E-state index contributed by atoms with van der Waals surface area (Å²) in [4.78, 5) is 20.7. The molecular formula is C6H13N2O3+. The van der Waals surface area contributed by atoms with Crippen molar-refractivity contribution >= 4 is 11.9 Å². The van der Waals surface area contributed by atoms with Gasteiger partial charge in [-0.15, -0.1) is 0 Å². The highest BCUT2D eigenvalue weighted by molar-refractivity contribution is 5.78. The molecule has 0 aromatic carbocycles. The minimum atomic E-state index is -1.10. The smallest absolute Gasteiger partial charge is 0.365 e. The fraction of sp³-hybridized carbons (Fsp3) is 0.667. The maximum atomic E-state index is 10.4. The first-order chi connectivity index (χ1) is 4.86. The van der Waals surface area contributed by atoms with Gasteiger partial charge in [0.2, 0.25) is 5.91 Å². The second-order valence-electron chi connectivity index (χ2n) is 2.83. The number of quaternary nitrogens is 1. The van der Waals surface area contributed by atoms with Crippen molar-refractivity contribution in [1.82, 2.24) is 0 Å². The normalized spacial score (nSPS) is 15.5. The molecule has 0 saturated heterocycles. The number of amides is 1. The maximum Gasteiger partial charge on any atom is 0.365 e. The van der Waals surface area contributed by atoms with E-state index in [1.54, 1.807) is 0 Å². The van der Waals surface area contributed by atoms with Crippen molar-refractivity contribution in [3.63, 3.8) is 0 Å². The van der Waals surface area contributed by atoms with Gasteiger partial charge in [-0.1, -0.05) is 0 Å². The summed E-state index contributed by atoms with van der Waals surface area (Å²) in [6, 6.07) is 0. The summed E-state index contributed by atoms with van der Waals surface area (Å²) in [6.45, 7) is 1.46. The molecule has 0 aromatic rings. The van der Waals surface area contributed by atoms with E-state index in [0.29, 0.717) is 0 Å². The molecule has 1 unspecified atom stereocenters. The van der Waals surface area contributed by atoms with Crippen LogP contribution in [0.5, 0.6) is 0 Å². The molecule has 0 aliphatic rings. The molecule has 1 atom stereocenters. The van der Waals surface area contributed by atoms with Gasteiger partial charge in [-0.05, 0) is 0 Å². The Bertz CT molecular complexity index is 177. The van der Waals surface area contributed by atoms with Crippen molar-refractivity contribution < 1.29 is 20.4 Å². The summed E-state index contributed by atoms with van der Waals surface area (Å²) < 4.78 is 0. The predicted octanol–water partition coefficient (Wildman–Crippen LogP) is -1.66. The number of primary amides is 1. The molecule has 0 heterocycles.